The van der Waals surface area contributed by atoms with E-state index in [0.29, 0.717) is 12.0 Å². The summed E-state index contributed by atoms with van der Waals surface area (Å²) < 4.78 is 0. The molecule has 3 N–H and O–H groups in total. The van der Waals surface area contributed by atoms with Crippen LogP contribution in [0.25, 0.3) is 0 Å². The number of nitrogens with two attached hydrogens (primary N) is 1. The lowest BCUT2D eigenvalue weighted by molar-refractivity contribution is 0.374. The van der Waals surface area contributed by atoms with Gasteiger partial charge in [0, 0.05) is 6.04 Å². The SMILES string of the molecule is CCC(C)NCC(CN)CC(C)C. The predicted molar refractivity (Wildman–Crippen MR) is 59.8 cm³/mol. The van der Waals surface area contributed by atoms with Crippen molar-refractivity contribution in [3.63, 3.8) is 0 Å². The quantitative estimate of drug-likeness (QED) is 0.638. The smallest absolute Gasteiger partial charge is 0.00362 e. The molecule has 0 spiro atoms. The first kappa shape index (κ1) is 12.9. The van der Waals surface area contributed by atoms with E-state index in [1.807, 2.05) is 0 Å². The maximum Gasteiger partial charge on any atom is 0.00362 e. The Kier molecular flexibility index (Phi) is 7.29. The van der Waals surface area contributed by atoms with Crippen LogP contribution in [0.2, 0.25) is 0 Å². The lowest BCUT2D eigenvalue weighted by atomic mass is 9.97. The molecule has 0 aliphatic heterocycles. The molecule has 0 amide bonds. The highest BCUT2D eigenvalue weighted by atomic mass is 14.9. The molecular formula is C11H26N2. The van der Waals surface area contributed by atoms with Gasteiger partial charge in [0.05, 0.1) is 0 Å². The van der Waals surface area contributed by atoms with Crippen LogP contribution in [0.1, 0.15) is 40.5 Å². The van der Waals surface area contributed by atoms with E-state index in [1.165, 1.54) is 12.8 Å². The lowest BCUT2D eigenvalue weighted by Gasteiger charge is -2.20. The van der Waals surface area contributed by atoms with Gasteiger partial charge >= 0.3 is 0 Å². The highest BCUT2D eigenvalue weighted by molar-refractivity contribution is 4.67. The molecule has 0 bridgehead atoms. The number of hydrogen-bond donors (Lipinski definition) is 2. The van der Waals surface area contributed by atoms with Gasteiger partial charge in [0.1, 0.15) is 0 Å². The minimum absolute atomic E-state index is 0.626. The molecule has 2 unspecified atom stereocenters. The third-order valence-electron chi connectivity index (χ3n) is 2.51. The van der Waals surface area contributed by atoms with Gasteiger partial charge in [-0.2, -0.15) is 0 Å². The molecule has 2 nitrogen and oxygen atoms in total. The summed E-state index contributed by atoms with van der Waals surface area (Å²) in [4.78, 5) is 0. The van der Waals surface area contributed by atoms with Gasteiger partial charge in [0.15, 0.2) is 0 Å². The van der Waals surface area contributed by atoms with Crippen LogP contribution in [-0.2, 0) is 0 Å². The zero-order chi connectivity index (χ0) is 10.3. The largest absolute Gasteiger partial charge is 0.330 e. The van der Waals surface area contributed by atoms with E-state index in [2.05, 4.69) is 33.0 Å². The van der Waals surface area contributed by atoms with E-state index in [-0.39, 0.29) is 0 Å². The molecular weight excluding hydrogens is 160 g/mol. The van der Waals surface area contributed by atoms with E-state index in [9.17, 15) is 0 Å². The van der Waals surface area contributed by atoms with Gasteiger partial charge < -0.3 is 11.1 Å². The van der Waals surface area contributed by atoms with Crippen LogP contribution in [0.3, 0.4) is 0 Å². The van der Waals surface area contributed by atoms with Gasteiger partial charge in [-0.25, -0.2) is 0 Å². The van der Waals surface area contributed by atoms with E-state index < -0.39 is 0 Å². The minimum Gasteiger partial charge on any atom is -0.330 e. The van der Waals surface area contributed by atoms with Gasteiger partial charge in [-0.3, -0.25) is 0 Å². The second-order valence-corrected chi connectivity index (χ2v) is 4.45. The average Bonchev–Trinajstić information content (AvgIpc) is 2.10. The van der Waals surface area contributed by atoms with Crippen LogP contribution < -0.4 is 11.1 Å². The number of rotatable bonds is 7. The minimum atomic E-state index is 0.626. The Labute approximate surface area is 83.3 Å². The lowest BCUT2D eigenvalue weighted by Crippen LogP contribution is -2.34. The van der Waals surface area contributed by atoms with Crippen LogP contribution in [0.4, 0.5) is 0 Å². The van der Waals surface area contributed by atoms with Crippen molar-refractivity contribution >= 4 is 0 Å². The van der Waals surface area contributed by atoms with Crippen molar-refractivity contribution in [2.45, 2.75) is 46.6 Å². The van der Waals surface area contributed by atoms with Gasteiger partial charge in [0.2, 0.25) is 0 Å². The van der Waals surface area contributed by atoms with Gasteiger partial charge in [-0.1, -0.05) is 20.8 Å². The highest BCUT2D eigenvalue weighted by Gasteiger charge is 2.09. The number of hydrogen-bond acceptors (Lipinski definition) is 2. The van der Waals surface area contributed by atoms with Crippen LogP contribution in [0.15, 0.2) is 0 Å². The van der Waals surface area contributed by atoms with Crippen molar-refractivity contribution < 1.29 is 0 Å². The summed E-state index contributed by atoms with van der Waals surface area (Å²) in [7, 11) is 0. The molecule has 0 aliphatic carbocycles. The maximum atomic E-state index is 5.71. The summed E-state index contributed by atoms with van der Waals surface area (Å²) in [6.07, 6.45) is 2.43. The monoisotopic (exact) mass is 186 g/mol. The molecule has 0 aromatic rings. The Morgan fingerprint density at radius 1 is 1.23 bits per heavy atom. The molecule has 0 rings (SSSR count). The van der Waals surface area contributed by atoms with Crippen molar-refractivity contribution in [2.24, 2.45) is 17.6 Å². The molecule has 0 saturated carbocycles. The third kappa shape index (κ3) is 7.03. The Bertz CT molecular complexity index is 113. The molecule has 80 valence electrons. The van der Waals surface area contributed by atoms with Crippen molar-refractivity contribution in [3.8, 4) is 0 Å². The maximum absolute atomic E-state index is 5.71. The van der Waals surface area contributed by atoms with E-state index in [4.69, 9.17) is 5.73 Å². The summed E-state index contributed by atoms with van der Waals surface area (Å²) in [6.45, 7) is 10.8. The fourth-order valence-electron chi connectivity index (χ4n) is 1.44. The zero-order valence-electron chi connectivity index (χ0n) is 9.64. The van der Waals surface area contributed by atoms with Crippen molar-refractivity contribution in [2.75, 3.05) is 13.1 Å². The summed E-state index contributed by atoms with van der Waals surface area (Å²) in [5.41, 5.74) is 5.71. The standard InChI is InChI=1S/C11H26N2/c1-5-10(4)13-8-11(7-12)6-9(2)3/h9-11,13H,5-8,12H2,1-4H3. The van der Waals surface area contributed by atoms with Gasteiger partial charge in [0.25, 0.3) is 0 Å². The fourth-order valence-corrected chi connectivity index (χ4v) is 1.44. The molecule has 0 fully saturated rings. The zero-order valence-corrected chi connectivity index (χ0v) is 9.64. The summed E-state index contributed by atoms with van der Waals surface area (Å²) in [5, 5.41) is 3.51. The molecule has 0 saturated heterocycles. The molecule has 0 aromatic carbocycles. The topological polar surface area (TPSA) is 38.0 Å². The second-order valence-electron chi connectivity index (χ2n) is 4.45. The first-order valence-electron chi connectivity index (χ1n) is 5.53. The third-order valence-corrected chi connectivity index (χ3v) is 2.51. The fraction of sp³-hybridized carbons (Fsp3) is 1.00. The average molecular weight is 186 g/mol. The summed E-state index contributed by atoms with van der Waals surface area (Å²) in [5.74, 6) is 1.40. The molecule has 0 radical (unpaired) electrons. The highest BCUT2D eigenvalue weighted by Crippen LogP contribution is 2.09. The molecule has 0 heterocycles. The first-order chi connectivity index (χ1) is 6.10. The second kappa shape index (κ2) is 7.34. The van der Waals surface area contributed by atoms with E-state index in [1.54, 1.807) is 0 Å². The summed E-state index contributed by atoms with van der Waals surface area (Å²) >= 11 is 0. The Morgan fingerprint density at radius 3 is 2.23 bits per heavy atom. The Morgan fingerprint density at radius 2 is 1.85 bits per heavy atom. The van der Waals surface area contributed by atoms with Crippen molar-refractivity contribution in [1.82, 2.24) is 5.32 Å². The van der Waals surface area contributed by atoms with Crippen LogP contribution in [0, 0.1) is 11.8 Å². The van der Waals surface area contributed by atoms with Crippen molar-refractivity contribution in [1.29, 1.82) is 0 Å². The van der Waals surface area contributed by atoms with Crippen molar-refractivity contribution in [3.05, 3.63) is 0 Å². The Hall–Kier alpha value is -0.0800. The molecule has 2 heteroatoms. The number of nitrogens with one attached hydrogen (secondary N) is 1. The molecule has 13 heavy (non-hydrogen) atoms. The van der Waals surface area contributed by atoms with Gasteiger partial charge in [-0.05, 0) is 44.7 Å². The van der Waals surface area contributed by atoms with E-state index >= 15 is 0 Å². The molecule has 0 aliphatic rings. The molecule has 0 aromatic heterocycles. The summed E-state index contributed by atoms with van der Waals surface area (Å²) in [6, 6.07) is 0.626. The molecule has 2 atom stereocenters. The van der Waals surface area contributed by atoms with Crippen LogP contribution in [0.5, 0.6) is 0 Å². The van der Waals surface area contributed by atoms with Gasteiger partial charge in [-0.15, -0.1) is 0 Å². The van der Waals surface area contributed by atoms with Crippen LogP contribution >= 0.6 is 0 Å². The van der Waals surface area contributed by atoms with E-state index in [0.717, 1.165) is 19.0 Å². The predicted octanol–water partition coefficient (Wildman–Crippen LogP) is 2.00. The van der Waals surface area contributed by atoms with Crippen LogP contribution in [-0.4, -0.2) is 19.1 Å². The first-order valence-corrected chi connectivity index (χ1v) is 5.53. The Balaban J connectivity index is 3.59. The normalized spacial score (nSPS) is 16.2.